The quantitative estimate of drug-likeness (QED) is 0.814. The number of hydrogen-bond donors (Lipinski definition) is 2. The first-order valence-electron chi connectivity index (χ1n) is 5.73. The van der Waals surface area contributed by atoms with E-state index in [1.54, 1.807) is 26.2 Å². The summed E-state index contributed by atoms with van der Waals surface area (Å²) in [7, 11) is 1.56. The topological polar surface area (TPSA) is 90.4 Å². The van der Waals surface area contributed by atoms with E-state index in [9.17, 15) is 4.79 Å². The number of nitrogens with one attached hydrogen (secondary N) is 1. The van der Waals surface area contributed by atoms with E-state index in [1.165, 1.54) is 6.20 Å². The van der Waals surface area contributed by atoms with Crippen LogP contribution in [-0.2, 0) is 6.54 Å². The van der Waals surface area contributed by atoms with Gasteiger partial charge in [0, 0.05) is 6.54 Å². The maximum Gasteiger partial charge on any atom is 0.256 e. The molecule has 0 saturated carbocycles. The first kappa shape index (κ1) is 12.9. The molecule has 0 aliphatic carbocycles. The number of ether oxygens (including phenoxy) is 1. The van der Waals surface area contributed by atoms with E-state index in [-0.39, 0.29) is 5.91 Å². The third kappa shape index (κ3) is 2.85. The molecule has 0 aliphatic rings. The minimum Gasteiger partial charge on any atom is -0.495 e. The molecule has 0 fully saturated rings. The number of anilines is 1. The second-order valence-corrected chi connectivity index (χ2v) is 4.05. The fourth-order valence-electron chi connectivity index (χ4n) is 1.69. The zero-order chi connectivity index (χ0) is 13.8. The van der Waals surface area contributed by atoms with Crippen molar-refractivity contribution >= 4 is 11.6 Å². The van der Waals surface area contributed by atoms with E-state index in [0.29, 0.717) is 29.3 Å². The Morgan fingerprint density at radius 2 is 2.32 bits per heavy atom. The van der Waals surface area contributed by atoms with Crippen LogP contribution in [0.2, 0.25) is 0 Å². The van der Waals surface area contributed by atoms with Crippen LogP contribution in [0, 0.1) is 6.92 Å². The van der Waals surface area contributed by atoms with Crippen molar-refractivity contribution in [1.82, 2.24) is 10.5 Å². The third-order valence-electron chi connectivity index (χ3n) is 2.74. The number of amides is 1. The first-order valence-corrected chi connectivity index (χ1v) is 5.73. The van der Waals surface area contributed by atoms with Gasteiger partial charge in [0.15, 0.2) is 0 Å². The Labute approximate surface area is 110 Å². The molecule has 0 aliphatic heterocycles. The van der Waals surface area contributed by atoms with Gasteiger partial charge in [-0.25, -0.2) is 0 Å². The maximum absolute atomic E-state index is 11.8. The Balaban J connectivity index is 2.01. The number of methoxy groups -OCH3 is 1. The van der Waals surface area contributed by atoms with E-state index < -0.39 is 0 Å². The van der Waals surface area contributed by atoms with Crippen LogP contribution >= 0.6 is 0 Å². The zero-order valence-electron chi connectivity index (χ0n) is 10.8. The van der Waals surface area contributed by atoms with Gasteiger partial charge in [0.25, 0.3) is 5.91 Å². The van der Waals surface area contributed by atoms with Crippen LogP contribution in [0.3, 0.4) is 0 Å². The minimum atomic E-state index is -0.229. The minimum absolute atomic E-state index is 0.229. The summed E-state index contributed by atoms with van der Waals surface area (Å²) in [5, 5.41) is 6.33. The molecule has 0 spiro atoms. The summed E-state index contributed by atoms with van der Waals surface area (Å²) in [5.41, 5.74) is 7.65. The molecule has 19 heavy (non-hydrogen) atoms. The van der Waals surface area contributed by atoms with Gasteiger partial charge in [0.2, 0.25) is 0 Å². The Hall–Kier alpha value is -2.50. The van der Waals surface area contributed by atoms with Crippen LogP contribution in [-0.4, -0.2) is 18.2 Å². The number of rotatable bonds is 4. The summed E-state index contributed by atoms with van der Waals surface area (Å²) in [4.78, 5) is 11.8. The summed E-state index contributed by atoms with van der Waals surface area (Å²) in [6, 6.07) is 5.37. The Kier molecular flexibility index (Phi) is 3.70. The summed E-state index contributed by atoms with van der Waals surface area (Å²) in [6.45, 7) is 2.06. The van der Waals surface area contributed by atoms with E-state index in [2.05, 4.69) is 10.5 Å². The van der Waals surface area contributed by atoms with E-state index in [4.69, 9.17) is 15.0 Å². The second-order valence-electron chi connectivity index (χ2n) is 4.05. The number of carbonyl (C=O) groups is 1. The van der Waals surface area contributed by atoms with Crippen molar-refractivity contribution in [3.63, 3.8) is 0 Å². The zero-order valence-corrected chi connectivity index (χ0v) is 10.8. The fraction of sp³-hybridized carbons (Fsp3) is 0.231. The molecule has 0 bridgehead atoms. The maximum atomic E-state index is 11.8. The van der Waals surface area contributed by atoms with Gasteiger partial charge < -0.3 is 20.3 Å². The highest BCUT2D eigenvalue weighted by Crippen LogP contribution is 2.21. The van der Waals surface area contributed by atoms with Crippen molar-refractivity contribution in [2.24, 2.45) is 0 Å². The molecule has 0 radical (unpaired) electrons. The van der Waals surface area contributed by atoms with Gasteiger partial charge in [-0.15, -0.1) is 0 Å². The van der Waals surface area contributed by atoms with Crippen LogP contribution in [0.15, 0.2) is 28.9 Å². The molecule has 1 amide bonds. The predicted octanol–water partition coefficient (Wildman–Crippen LogP) is 1.50. The highest BCUT2D eigenvalue weighted by Gasteiger charge is 2.12. The van der Waals surface area contributed by atoms with E-state index >= 15 is 0 Å². The Bertz CT molecular complexity index is 593. The highest BCUT2D eigenvalue weighted by molar-refractivity contribution is 5.94. The van der Waals surface area contributed by atoms with Gasteiger partial charge in [-0.3, -0.25) is 4.79 Å². The molecule has 3 N–H and O–H groups in total. The van der Waals surface area contributed by atoms with Gasteiger partial charge in [-0.2, -0.15) is 0 Å². The average Bonchev–Trinajstić information content (AvgIpc) is 2.82. The molecule has 2 aromatic rings. The molecular formula is C13H15N3O3. The smallest absolute Gasteiger partial charge is 0.256 e. The predicted molar refractivity (Wildman–Crippen MR) is 69.8 cm³/mol. The Morgan fingerprint density at radius 1 is 1.53 bits per heavy atom. The van der Waals surface area contributed by atoms with Crippen molar-refractivity contribution in [2.45, 2.75) is 13.5 Å². The van der Waals surface area contributed by atoms with E-state index in [0.717, 1.165) is 5.56 Å². The number of aryl methyl sites for hydroxylation is 1. The summed E-state index contributed by atoms with van der Waals surface area (Å²) in [5.74, 6) is 0.879. The van der Waals surface area contributed by atoms with Crippen LogP contribution < -0.4 is 15.8 Å². The number of aromatic nitrogens is 1. The van der Waals surface area contributed by atoms with Gasteiger partial charge in [0.05, 0.1) is 19.0 Å². The number of carbonyl (C=O) groups excluding carboxylic acids is 1. The first-order chi connectivity index (χ1) is 9.11. The molecule has 1 aromatic heterocycles. The monoisotopic (exact) mass is 261 g/mol. The molecule has 6 heteroatoms. The molecule has 0 atom stereocenters. The lowest BCUT2D eigenvalue weighted by Crippen LogP contribution is -2.23. The standard InChI is InChI=1S/C13H15N3O3/c1-8-10(7-16-19-8)13(17)15-6-9-3-4-12(18-2)11(14)5-9/h3-5,7H,6,14H2,1-2H3,(H,15,17). The van der Waals surface area contributed by atoms with Gasteiger partial charge in [-0.1, -0.05) is 11.2 Å². The molecule has 100 valence electrons. The van der Waals surface area contributed by atoms with Crippen LogP contribution in [0.4, 0.5) is 5.69 Å². The van der Waals surface area contributed by atoms with Crippen LogP contribution in [0.1, 0.15) is 21.7 Å². The summed E-state index contributed by atoms with van der Waals surface area (Å²) < 4.78 is 9.91. The number of hydrogen-bond acceptors (Lipinski definition) is 5. The van der Waals surface area contributed by atoms with Crippen molar-refractivity contribution in [3.8, 4) is 5.75 Å². The van der Waals surface area contributed by atoms with Crippen molar-refractivity contribution in [2.75, 3.05) is 12.8 Å². The number of nitrogens with zero attached hydrogens (tertiary/aromatic N) is 1. The van der Waals surface area contributed by atoms with Crippen LogP contribution in [0.5, 0.6) is 5.75 Å². The fourth-order valence-corrected chi connectivity index (χ4v) is 1.69. The molecule has 0 unspecified atom stereocenters. The molecule has 2 rings (SSSR count). The lowest BCUT2D eigenvalue weighted by molar-refractivity contribution is 0.0949. The second kappa shape index (κ2) is 5.43. The van der Waals surface area contributed by atoms with Crippen LogP contribution in [0.25, 0.3) is 0 Å². The SMILES string of the molecule is COc1ccc(CNC(=O)c2cnoc2C)cc1N. The van der Waals surface area contributed by atoms with Crippen molar-refractivity contribution < 1.29 is 14.1 Å². The average molecular weight is 261 g/mol. The summed E-state index contributed by atoms with van der Waals surface area (Å²) in [6.07, 6.45) is 1.40. The summed E-state index contributed by atoms with van der Waals surface area (Å²) >= 11 is 0. The number of benzene rings is 1. The molecule has 0 saturated heterocycles. The Morgan fingerprint density at radius 3 is 2.89 bits per heavy atom. The van der Waals surface area contributed by atoms with Gasteiger partial charge in [0.1, 0.15) is 17.1 Å². The van der Waals surface area contributed by atoms with Crippen molar-refractivity contribution in [3.05, 3.63) is 41.3 Å². The van der Waals surface area contributed by atoms with Gasteiger partial charge >= 0.3 is 0 Å². The van der Waals surface area contributed by atoms with Gasteiger partial charge in [-0.05, 0) is 24.6 Å². The van der Waals surface area contributed by atoms with E-state index in [1.807, 2.05) is 6.07 Å². The largest absolute Gasteiger partial charge is 0.495 e. The lowest BCUT2D eigenvalue weighted by atomic mass is 10.2. The normalized spacial score (nSPS) is 10.2. The molecular weight excluding hydrogens is 246 g/mol. The number of nitrogen functional groups attached to an aromatic ring is 1. The number of nitrogens with two attached hydrogens (primary N) is 1. The molecule has 1 heterocycles. The molecule has 1 aromatic carbocycles. The molecule has 6 nitrogen and oxygen atoms in total. The lowest BCUT2D eigenvalue weighted by Gasteiger charge is -2.08. The highest BCUT2D eigenvalue weighted by atomic mass is 16.5. The van der Waals surface area contributed by atoms with Crippen molar-refractivity contribution in [1.29, 1.82) is 0 Å². The third-order valence-corrected chi connectivity index (χ3v) is 2.74.